The molecular weight excluding hydrogens is 1630 g/mol. The van der Waals surface area contributed by atoms with Crippen LogP contribution in [0.5, 0.6) is 0 Å². The number of phosphoric ester groups is 2. The summed E-state index contributed by atoms with van der Waals surface area (Å²) in [5.41, 5.74) is 0. The lowest BCUT2D eigenvalue weighted by Gasteiger charge is -2.21. The van der Waals surface area contributed by atoms with Crippen LogP contribution in [0.3, 0.4) is 0 Å². The van der Waals surface area contributed by atoms with E-state index in [1.54, 1.807) is 0 Å². The summed E-state index contributed by atoms with van der Waals surface area (Å²) in [6.07, 6.45) is 130. The molecule has 0 aromatic heterocycles. The van der Waals surface area contributed by atoms with E-state index in [-0.39, 0.29) is 19.3 Å². The minimum absolute atomic E-state index is 0.0809. The first kappa shape index (κ1) is 122. The Labute approximate surface area is 778 Å². The maximum atomic E-state index is 13.1. The SMILES string of the molecule is CC/C=C\C/C=C\C/C=C\C/C=C\C/C=C\CCCCCCCC(=O)OC(COC(=O)CCCCCCCCCCCCCCCCCCCCC/C=C\C/C=C\C/C=C\C/C=C\CCCCC)COP(=O)(O)OCC(O)COP(=O)(O)OCC(O)COC(=O)CCCCCCCCCCCCCCCCCCCCC/C=C\C/C=C\C/C=C\C/C=C\CCCCC. The molecule has 4 N–H and O–H groups in total. The summed E-state index contributed by atoms with van der Waals surface area (Å²) in [6.45, 7) is 2.57. The van der Waals surface area contributed by atoms with E-state index in [1.165, 1.54) is 257 Å². The van der Waals surface area contributed by atoms with Crippen molar-refractivity contribution in [2.75, 3.05) is 39.6 Å². The van der Waals surface area contributed by atoms with Gasteiger partial charge in [0.15, 0.2) is 6.10 Å². The second kappa shape index (κ2) is 100. The molecule has 0 rings (SSSR count). The van der Waals surface area contributed by atoms with Crippen molar-refractivity contribution < 1.29 is 75.8 Å². The molecular formula is C109H190O16P2. The molecule has 732 valence electrons. The van der Waals surface area contributed by atoms with E-state index in [9.17, 15) is 43.5 Å². The molecule has 0 amide bonds. The second-order valence-corrected chi connectivity index (χ2v) is 37.5. The molecule has 0 aromatic rings. The average Bonchev–Trinajstić information content (AvgIpc) is 0.901. The number of rotatable bonds is 98. The molecule has 0 bridgehead atoms. The van der Waals surface area contributed by atoms with Crippen LogP contribution in [-0.4, -0.2) is 95.9 Å². The number of aliphatic hydroxyl groups is 2. The molecule has 18 heteroatoms. The van der Waals surface area contributed by atoms with E-state index < -0.39 is 91.5 Å². The zero-order valence-corrected chi connectivity index (χ0v) is 82.9. The highest BCUT2D eigenvalue weighted by Gasteiger charge is 2.30. The molecule has 127 heavy (non-hydrogen) atoms. The second-order valence-electron chi connectivity index (χ2n) is 34.6. The summed E-state index contributed by atoms with van der Waals surface area (Å²) >= 11 is 0. The highest BCUT2D eigenvalue weighted by Crippen LogP contribution is 2.45. The Hall–Kier alpha value is -4.83. The van der Waals surface area contributed by atoms with E-state index in [0.717, 1.165) is 141 Å². The summed E-state index contributed by atoms with van der Waals surface area (Å²) in [4.78, 5) is 59.2. The third-order valence-electron chi connectivity index (χ3n) is 22.2. The van der Waals surface area contributed by atoms with Crippen LogP contribution in [0.15, 0.2) is 158 Å². The monoisotopic (exact) mass is 1820 g/mol. The molecule has 0 aromatic carbocycles. The third-order valence-corrected chi connectivity index (χ3v) is 24.1. The van der Waals surface area contributed by atoms with Gasteiger partial charge in [-0.3, -0.25) is 32.5 Å². The number of allylic oxidation sites excluding steroid dienone is 26. The molecule has 0 spiro atoms. The summed E-state index contributed by atoms with van der Waals surface area (Å²) in [7, 11) is -9.82. The standard InChI is InChI=1S/C109H190O16P2/c1-4-7-10-13-16-19-22-25-28-31-34-37-39-41-43-45-47-49-51-53-55-57-59-61-63-66-68-71-74-77-80-83-86-89-92-95-107(112)119-98-104(110)99-121-126(115,116)122-100-105(111)101-123-127(117,118)124-103-106(125-109(114)97-94-91-88-85-82-79-76-73-70-65-36-33-30-27-24-21-18-15-12-9-6-3)102-120-108(113)96-93-90-87-84-81-78-75-72-69-67-64-62-60-58-56-54-52-50-48-46-44-42-40-38-35-32-29-26-23-20-17-14-11-8-5-2/h9,12,16-21,25-30,34-38,41-44,65,73,76,104-106,110-111H,4-8,10-11,13-15,22-24,31-33,39-40,45-64,66-72,74-75,77-103H2,1-3H3,(H,115,116)(H,117,118)/b12-9-,19-16-,20-17-,21-18-,28-25-,29-26-,30-27-,37-34-,38-35-,43-41-,44-42-,65-36-,76-73-. The van der Waals surface area contributed by atoms with Gasteiger partial charge in [0.05, 0.1) is 26.4 Å². The number of phosphoric acid groups is 2. The number of ether oxygens (including phenoxy) is 3. The minimum atomic E-state index is -4.95. The molecule has 0 saturated carbocycles. The van der Waals surface area contributed by atoms with Crippen molar-refractivity contribution in [3.05, 3.63) is 158 Å². The zero-order chi connectivity index (χ0) is 92.1. The highest BCUT2D eigenvalue weighted by molar-refractivity contribution is 7.47. The maximum Gasteiger partial charge on any atom is 0.472 e. The van der Waals surface area contributed by atoms with Gasteiger partial charge in [0.1, 0.15) is 25.4 Å². The quantitative estimate of drug-likeness (QED) is 0.0146. The van der Waals surface area contributed by atoms with Crippen molar-refractivity contribution in [2.24, 2.45) is 0 Å². The Morgan fingerprint density at radius 2 is 0.417 bits per heavy atom. The van der Waals surface area contributed by atoms with Gasteiger partial charge in [-0.1, -0.05) is 442 Å². The van der Waals surface area contributed by atoms with Crippen LogP contribution in [0.2, 0.25) is 0 Å². The van der Waals surface area contributed by atoms with Crippen LogP contribution < -0.4 is 0 Å². The maximum absolute atomic E-state index is 13.1. The van der Waals surface area contributed by atoms with Crippen LogP contribution in [0, 0.1) is 0 Å². The van der Waals surface area contributed by atoms with Crippen molar-refractivity contribution in [2.45, 2.75) is 476 Å². The summed E-state index contributed by atoms with van der Waals surface area (Å²) < 4.78 is 61.6. The Morgan fingerprint density at radius 1 is 0.228 bits per heavy atom. The number of carbonyl (C=O) groups excluding carboxylic acids is 3. The fourth-order valence-electron chi connectivity index (χ4n) is 14.4. The molecule has 0 radical (unpaired) electrons. The number of aliphatic hydroxyl groups excluding tert-OH is 2. The van der Waals surface area contributed by atoms with Crippen LogP contribution >= 0.6 is 15.6 Å². The fourth-order valence-corrected chi connectivity index (χ4v) is 16.0. The molecule has 5 unspecified atom stereocenters. The van der Waals surface area contributed by atoms with Gasteiger partial charge in [-0.25, -0.2) is 9.13 Å². The van der Waals surface area contributed by atoms with Gasteiger partial charge < -0.3 is 34.2 Å². The van der Waals surface area contributed by atoms with Gasteiger partial charge in [-0.15, -0.1) is 0 Å². The lowest BCUT2D eigenvalue weighted by molar-refractivity contribution is -0.161. The van der Waals surface area contributed by atoms with Crippen LogP contribution in [0.25, 0.3) is 0 Å². The van der Waals surface area contributed by atoms with Gasteiger partial charge in [-0.05, 0) is 154 Å². The Balaban J connectivity index is 4.51. The number of hydrogen-bond donors (Lipinski definition) is 4. The Bertz CT molecular complexity index is 2940. The van der Waals surface area contributed by atoms with E-state index >= 15 is 0 Å². The molecule has 0 aliphatic rings. The predicted octanol–water partition coefficient (Wildman–Crippen LogP) is 32.8. The fraction of sp³-hybridized carbons (Fsp3) is 0.734. The summed E-state index contributed by atoms with van der Waals surface area (Å²) in [6, 6.07) is 0. The summed E-state index contributed by atoms with van der Waals surface area (Å²) in [5.74, 6) is -1.58. The van der Waals surface area contributed by atoms with Crippen molar-refractivity contribution >= 4 is 33.6 Å². The van der Waals surface area contributed by atoms with Gasteiger partial charge in [0.2, 0.25) is 0 Å². The van der Waals surface area contributed by atoms with E-state index in [2.05, 4.69) is 179 Å². The predicted molar refractivity (Wildman–Crippen MR) is 537 cm³/mol. The average molecular weight is 1820 g/mol. The van der Waals surface area contributed by atoms with Gasteiger partial charge in [0, 0.05) is 19.3 Å². The molecule has 16 nitrogen and oxygen atoms in total. The first-order chi connectivity index (χ1) is 62.2. The highest BCUT2D eigenvalue weighted by atomic mass is 31.2. The van der Waals surface area contributed by atoms with E-state index in [4.69, 9.17) is 32.3 Å². The molecule has 5 atom stereocenters. The molecule has 0 fully saturated rings. The lowest BCUT2D eigenvalue weighted by Crippen LogP contribution is -2.30. The zero-order valence-electron chi connectivity index (χ0n) is 81.2. The Kier molecular flexibility index (Phi) is 96.4. The number of hydrogen-bond acceptors (Lipinski definition) is 14. The van der Waals surface area contributed by atoms with E-state index in [1.807, 2.05) is 0 Å². The van der Waals surface area contributed by atoms with Crippen molar-refractivity contribution in [1.82, 2.24) is 0 Å². The third kappa shape index (κ3) is 102. The Morgan fingerprint density at radius 3 is 0.661 bits per heavy atom. The van der Waals surface area contributed by atoms with Crippen molar-refractivity contribution in [3.63, 3.8) is 0 Å². The first-order valence-electron chi connectivity index (χ1n) is 51.8. The molecule has 0 aliphatic carbocycles. The van der Waals surface area contributed by atoms with Crippen LogP contribution in [-0.2, 0) is 55.8 Å². The summed E-state index contributed by atoms with van der Waals surface area (Å²) in [5, 5.41) is 20.8. The van der Waals surface area contributed by atoms with Gasteiger partial charge >= 0.3 is 33.6 Å². The normalized spacial score (nSPS) is 14.3. The molecule has 0 aliphatic heterocycles. The van der Waals surface area contributed by atoms with Crippen LogP contribution in [0.1, 0.15) is 457 Å². The van der Waals surface area contributed by atoms with Crippen molar-refractivity contribution in [1.29, 1.82) is 0 Å². The van der Waals surface area contributed by atoms with Crippen molar-refractivity contribution in [3.8, 4) is 0 Å². The number of carbonyl (C=O) groups is 3. The van der Waals surface area contributed by atoms with Crippen LogP contribution in [0.4, 0.5) is 0 Å². The topological polar surface area (TPSA) is 231 Å². The lowest BCUT2D eigenvalue weighted by atomic mass is 10.0. The molecule has 0 saturated heterocycles. The van der Waals surface area contributed by atoms with E-state index in [0.29, 0.717) is 19.3 Å². The minimum Gasteiger partial charge on any atom is -0.463 e. The molecule has 0 heterocycles. The number of esters is 3. The van der Waals surface area contributed by atoms with Gasteiger partial charge in [-0.2, -0.15) is 0 Å². The van der Waals surface area contributed by atoms with Gasteiger partial charge in [0.25, 0.3) is 0 Å². The smallest absolute Gasteiger partial charge is 0.463 e. The first-order valence-corrected chi connectivity index (χ1v) is 54.8. The largest absolute Gasteiger partial charge is 0.472 e. The number of unbranched alkanes of at least 4 members (excludes halogenated alkanes) is 49.